The van der Waals surface area contributed by atoms with E-state index in [9.17, 15) is 39.0 Å². The predicted molar refractivity (Wildman–Crippen MR) is 368 cm³/mol. The number of aromatic amines is 1. The van der Waals surface area contributed by atoms with Gasteiger partial charge in [-0.15, -0.1) is 0 Å². The van der Waals surface area contributed by atoms with E-state index in [0.29, 0.717) is 37.9 Å². The number of aliphatic hydroxyl groups excluding tert-OH is 2. The molecule has 5 unspecified atom stereocenters. The molecule has 1 aliphatic rings. The molecule has 1 aromatic heterocycles. The third-order valence-electron chi connectivity index (χ3n) is 17.5. The average molecular weight is 1280 g/mol. The maximum atomic E-state index is 13.5. The van der Waals surface area contributed by atoms with Crippen LogP contribution in [-0.4, -0.2) is 100 Å². The first-order valence-corrected chi connectivity index (χ1v) is 36.6. The number of aromatic nitrogens is 2. The van der Waals surface area contributed by atoms with Gasteiger partial charge >= 0.3 is 30.0 Å². The molecule has 1 heterocycles. The number of allylic oxidation sites excluding steroid dienone is 2. The van der Waals surface area contributed by atoms with Crippen LogP contribution in [0.5, 0.6) is 0 Å². The van der Waals surface area contributed by atoms with Crippen LogP contribution in [0.3, 0.4) is 0 Å². The van der Waals surface area contributed by atoms with Crippen molar-refractivity contribution < 1.29 is 53.1 Å². The van der Waals surface area contributed by atoms with Crippen LogP contribution in [0.15, 0.2) is 35.2 Å². The van der Waals surface area contributed by atoms with Crippen molar-refractivity contribution in [3.05, 3.63) is 46.4 Å². The van der Waals surface area contributed by atoms with Crippen LogP contribution in [0.4, 0.5) is 15.5 Å². The molecule has 5 atom stereocenters. The highest BCUT2D eigenvalue weighted by Gasteiger charge is 2.42. The van der Waals surface area contributed by atoms with Gasteiger partial charge in [-0.1, -0.05) is 214 Å². The highest BCUT2D eigenvalue weighted by Crippen LogP contribution is 2.46. The van der Waals surface area contributed by atoms with Crippen LogP contribution in [0, 0.1) is 17.8 Å². The molecule has 17 heteroatoms. The first-order valence-electron chi connectivity index (χ1n) is 36.6. The Balaban J connectivity index is 1.76. The zero-order valence-electron chi connectivity index (χ0n) is 58.4. The summed E-state index contributed by atoms with van der Waals surface area (Å²) in [5.74, 6) is -1.02. The van der Waals surface area contributed by atoms with E-state index in [4.69, 9.17) is 18.9 Å². The minimum atomic E-state index is -0.877. The van der Waals surface area contributed by atoms with Crippen LogP contribution in [0.1, 0.15) is 330 Å². The number of urea groups is 1. The molecule has 0 radical (unpaired) electrons. The van der Waals surface area contributed by atoms with E-state index >= 15 is 0 Å². The van der Waals surface area contributed by atoms with Gasteiger partial charge in [0.2, 0.25) is 5.95 Å². The molecular weight excluding hydrogens is 1150 g/mol. The molecule has 0 aliphatic heterocycles. The van der Waals surface area contributed by atoms with Crippen molar-refractivity contribution in [3.63, 3.8) is 0 Å². The number of aryl methyl sites for hydroxylation is 1. The molecule has 0 aromatic carbocycles. The number of hydrogen-bond donors (Lipinski definition) is 6. The molecule has 0 saturated heterocycles. The second-order valence-electron chi connectivity index (χ2n) is 27.7. The quantitative estimate of drug-likeness (QED) is 0.0154. The number of unbranched alkanes of at least 4 members (excludes halogenated alkanes) is 26. The number of esters is 3. The number of ether oxygens (including phenoxy) is 4. The molecule has 1 aromatic rings. The van der Waals surface area contributed by atoms with E-state index in [1.807, 2.05) is 0 Å². The Kier molecular flexibility index (Phi) is 47.6. The van der Waals surface area contributed by atoms with Gasteiger partial charge in [-0.25, -0.2) is 9.59 Å². The zero-order chi connectivity index (χ0) is 66.6. The molecule has 524 valence electrons. The highest BCUT2D eigenvalue weighted by atomic mass is 16.6. The number of amides is 3. The van der Waals surface area contributed by atoms with Gasteiger partial charge in [0.25, 0.3) is 5.56 Å². The zero-order valence-corrected chi connectivity index (χ0v) is 58.4. The fourth-order valence-electron chi connectivity index (χ4n) is 12.7. The topological polar surface area (TPSA) is 245 Å². The number of alkyl carbamates (subject to hydrolysis) is 1. The number of aliphatic hydroxyl groups is 2. The normalized spacial score (nSPS) is 16.9. The van der Waals surface area contributed by atoms with Crippen LogP contribution >= 0.6 is 0 Å². The smallest absolute Gasteiger partial charge is 0.407 e. The summed E-state index contributed by atoms with van der Waals surface area (Å²) < 4.78 is 23.1. The van der Waals surface area contributed by atoms with Gasteiger partial charge in [-0.2, -0.15) is 4.98 Å². The second kappa shape index (κ2) is 52.6. The first-order chi connectivity index (χ1) is 43.8. The molecular formula is C74H131N5O12. The van der Waals surface area contributed by atoms with E-state index in [2.05, 4.69) is 91.8 Å². The summed E-state index contributed by atoms with van der Waals surface area (Å²) in [6, 6.07) is 0.784. The summed E-state index contributed by atoms with van der Waals surface area (Å²) in [6.07, 6.45) is 47.7. The molecule has 6 N–H and O–H groups in total. The third-order valence-corrected chi connectivity index (χ3v) is 17.5. The molecule has 1 aliphatic carbocycles. The predicted octanol–water partition coefficient (Wildman–Crippen LogP) is 17.8. The molecule has 1 saturated carbocycles. The number of rotatable bonds is 56. The van der Waals surface area contributed by atoms with Crippen molar-refractivity contribution in [2.45, 2.75) is 361 Å². The number of anilines is 1. The molecule has 0 spiro atoms. The molecule has 91 heavy (non-hydrogen) atoms. The fraction of sp³-hybridized carbons (Fsp3) is 0.824. The van der Waals surface area contributed by atoms with E-state index in [-0.39, 0.29) is 91.6 Å². The minimum absolute atomic E-state index is 0.0837. The van der Waals surface area contributed by atoms with E-state index in [1.165, 1.54) is 44.6 Å². The Morgan fingerprint density at radius 1 is 0.571 bits per heavy atom. The largest absolute Gasteiger partial charge is 0.462 e. The average Bonchev–Trinajstić information content (AvgIpc) is 1.10. The van der Waals surface area contributed by atoms with Crippen molar-refractivity contribution in [3.8, 4) is 0 Å². The Morgan fingerprint density at radius 2 is 1.01 bits per heavy atom. The number of nitrogens with zero attached hydrogens (tertiary/aromatic N) is 1. The molecule has 3 amide bonds. The van der Waals surface area contributed by atoms with Crippen LogP contribution < -0.4 is 21.5 Å². The van der Waals surface area contributed by atoms with Gasteiger partial charge in [0.15, 0.2) is 6.10 Å². The minimum Gasteiger partial charge on any atom is -0.462 e. The van der Waals surface area contributed by atoms with Gasteiger partial charge in [0.05, 0.1) is 12.2 Å². The summed E-state index contributed by atoms with van der Waals surface area (Å²) in [5, 5.41) is 29.2. The molecule has 17 nitrogen and oxygen atoms in total. The maximum Gasteiger partial charge on any atom is 0.407 e. The van der Waals surface area contributed by atoms with Crippen LogP contribution in [-0.2, 0) is 33.3 Å². The standard InChI is InChI=1S/C74H131N5O12/c1-8-11-14-35-44-62(80)46-37-29-23-17-20-26-32-41-50-67(83)88-56-65(57-89-68(84)51-42-33-27-21-18-24-30-38-47-63(81)45-36-15-12-9-2)90-69(85)52-43-34-28-22-19-25-31-40-49-64(48-39-16-13-10-3)91-72(87)77-61-54-73(5,6)58-74(7,55-61)59-75-71(86)79-70-76-60(4)53-66(82)78-70/h29-30,37-38,53,61-65,80-81H,8-28,31-36,39-52,54-59H2,1-7H3,(H,77,87)(H3,75,76,78,79,82,86)/b37-29+,38-30+. The van der Waals surface area contributed by atoms with E-state index in [0.717, 1.165) is 199 Å². The first kappa shape index (κ1) is 82.3. The monoisotopic (exact) mass is 1280 g/mol. The lowest BCUT2D eigenvalue weighted by Gasteiger charge is -2.46. The van der Waals surface area contributed by atoms with E-state index < -0.39 is 23.7 Å². The lowest BCUT2D eigenvalue weighted by atomic mass is 9.62. The van der Waals surface area contributed by atoms with Crippen LogP contribution in [0.25, 0.3) is 0 Å². The third kappa shape index (κ3) is 46.9. The van der Waals surface area contributed by atoms with Gasteiger partial charge in [0.1, 0.15) is 19.3 Å². The lowest BCUT2D eigenvalue weighted by Crippen LogP contribution is -2.51. The van der Waals surface area contributed by atoms with Crippen molar-refractivity contribution in [1.29, 1.82) is 0 Å². The number of hydrogen-bond acceptors (Lipinski definition) is 13. The Bertz CT molecular complexity index is 2120. The second-order valence-corrected chi connectivity index (χ2v) is 27.7. The SMILES string of the molecule is CCCCCCC(O)C/C=C/CCCCCCCC(=O)OCC(COC(=O)CCCCCCC/C=C/CC(O)CCCCCC)OC(=O)CCCCCCCCCCC(CCCCCC)OC(=O)NC1CC(C)(C)CC(C)(CNC(=O)Nc2nc(=O)cc(C)[nH]2)C1. The van der Waals surface area contributed by atoms with E-state index in [1.54, 1.807) is 6.92 Å². The number of carbonyl (C=O) groups is 5. The fourth-order valence-corrected chi connectivity index (χ4v) is 12.7. The summed E-state index contributed by atoms with van der Waals surface area (Å²) in [6.45, 7) is 14.9. The molecule has 2 rings (SSSR count). The molecule has 0 bridgehead atoms. The number of carbonyl (C=O) groups excluding carboxylic acids is 5. The Morgan fingerprint density at radius 3 is 1.49 bits per heavy atom. The Labute approximate surface area is 551 Å². The summed E-state index contributed by atoms with van der Waals surface area (Å²) in [7, 11) is 0. The number of nitrogens with one attached hydrogen (secondary N) is 4. The summed E-state index contributed by atoms with van der Waals surface area (Å²) in [4.78, 5) is 83.7. The van der Waals surface area contributed by atoms with Gasteiger partial charge in [0, 0.05) is 43.6 Å². The van der Waals surface area contributed by atoms with Gasteiger partial charge in [-0.05, 0) is 133 Å². The number of H-pyrrole nitrogens is 1. The van der Waals surface area contributed by atoms with Gasteiger partial charge < -0.3 is 44.8 Å². The van der Waals surface area contributed by atoms with Crippen molar-refractivity contribution >= 4 is 36.0 Å². The van der Waals surface area contributed by atoms with Crippen molar-refractivity contribution in [2.24, 2.45) is 10.8 Å². The highest BCUT2D eigenvalue weighted by molar-refractivity contribution is 5.87. The molecule has 1 fully saturated rings. The van der Waals surface area contributed by atoms with Crippen molar-refractivity contribution in [1.82, 2.24) is 20.6 Å². The van der Waals surface area contributed by atoms with Crippen LogP contribution in [0.2, 0.25) is 0 Å². The van der Waals surface area contributed by atoms with Gasteiger partial charge in [-0.3, -0.25) is 24.5 Å². The summed E-state index contributed by atoms with van der Waals surface area (Å²) in [5.41, 5.74) is -0.216. The summed E-state index contributed by atoms with van der Waals surface area (Å²) >= 11 is 0. The van der Waals surface area contributed by atoms with Crippen molar-refractivity contribution in [2.75, 3.05) is 25.1 Å². The maximum absolute atomic E-state index is 13.5. The Hall–Kier alpha value is -4.77. The lowest BCUT2D eigenvalue weighted by molar-refractivity contribution is -0.167.